The first-order valence-corrected chi connectivity index (χ1v) is 7.61. The summed E-state index contributed by atoms with van der Waals surface area (Å²) in [4.78, 5) is 25.0. The van der Waals surface area contributed by atoms with Crippen molar-refractivity contribution in [1.82, 2.24) is 0 Å². The third-order valence-electron chi connectivity index (χ3n) is 3.89. The highest BCUT2D eigenvalue weighted by Gasteiger charge is 2.47. The van der Waals surface area contributed by atoms with Crippen LogP contribution in [0.15, 0.2) is 34.0 Å². The van der Waals surface area contributed by atoms with Gasteiger partial charge in [0.05, 0.1) is 11.7 Å². The fourth-order valence-electron chi connectivity index (χ4n) is 2.88. The summed E-state index contributed by atoms with van der Waals surface area (Å²) in [5.74, 6) is -1.30. The highest BCUT2D eigenvalue weighted by atomic mass is 79.9. The SMILES string of the molecule is Cc1ccc(C2C(=O)OC3=C(C2=O)C(C)OC3C)c(Br)c1. The average molecular weight is 351 g/mol. The predicted octanol–water partition coefficient (Wildman–Crippen LogP) is 3.03. The molecule has 5 heteroatoms. The molecule has 0 aliphatic carbocycles. The Morgan fingerprint density at radius 2 is 1.86 bits per heavy atom. The third-order valence-corrected chi connectivity index (χ3v) is 4.58. The lowest BCUT2D eigenvalue weighted by atomic mass is 9.86. The summed E-state index contributed by atoms with van der Waals surface area (Å²) in [6.07, 6.45) is -0.701. The Morgan fingerprint density at radius 3 is 2.52 bits per heavy atom. The summed E-state index contributed by atoms with van der Waals surface area (Å²) in [6.45, 7) is 5.53. The van der Waals surface area contributed by atoms with Gasteiger partial charge in [-0.05, 0) is 38.0 Å². The van der Waals surface area contributed by atoms with Crippen molar-refractivity contribution < 1.29 is 19.1 Å². The van der Waals surface area contributed by atoms with Crippen LogP contribution in [0.1, 0.15) is 30.9 Å². The lowest BCUT2D eigenvalue weighted by Crippen LogP contribution is -2.33. The van der Waals surface area contributed by atoms with E-state index in [4.69, 9.17) is 9.47 Å². The van der Waals surface area contributed by atoms with Crippen LogP contribution in [-0.2, 0) is 19.1 Å². The molecule has 3 atom stereocenters. The maximum atomic E-state index is 12.8. The maximum absolute atomic E-state index is 12.8. The van der Waals surface area contributed by atoms with E-state index in [1.165, 1.54) is 0 Å². The molecule has 2 aliphatic rings. The molecule has 3 unspecified atom stereocenters. The largest absolute Gasteiger partial charge is 0.427 e. The van der Waals surface area contributed by atoms with Gasteiger partial charge in [0, 0.05) is 4.47 Å². The number of halogens is 1. The molecule has 0 bridgehead atoms. The number of hydrogen-bond donors (Lipinski definition) is 0. The van der Waals surface area contributed by atoms with Crippen LogP contribution in [0.3, 0.4) is 0 Å². The Labute approximate surface area is 131 Å². The van der Waals surface area contributed by atoms with Crippen molar-refractivity contribution in [3.8, 4) is 0 Å². The molecule has 0 fully saturated rings. The minimum Gasteiger partial charge on any atom is -0.427 e. The van der Waals surface area contributed by atoms with Gasteiger partial charge in [-0.15, -0.1) is 0 Å². The smallest absolute Gasteiger partial charge is 0.326 e. The molecule has 0 saturated heterocycles. The first kappa shape index (κ1) is 14.5. The number of ether oxygens (including phenoxy) is 2. The maximum Gasteiger partial charge on any atom is 0.326 e. The summed E-state index contributed by atoms with van der Waals surface area (Å²) >= 11 is 3.43. The zero-order valence-corrected chi connectivity index (χ0v) is 13.6. The number of ketones is 1. The summed E-state index contributed by atoms with van der Waals surface area (Å²) in [5.41, 5.74) is 2.17. The van der Waals surface area contributed by atoms with E-state index < -0.39 is 11.9 Å². The van der Waals surface area contributed by atoms with Gasteiger partial charge in [0.25, 0.3) is 0 Å². The topological polar surface area (TPSA) is 52.6 Å². The molecule has 4 nitrogen and oxygen atoms in total. The van der Waals surface area contributed by atoms with Crippen LogP contribution in [0.4, 0.5) is 0 Å². The Kier molecular flexibility index (Phi) is 3.50. The van der Waals surface area contributed by atoms with Crippen LogP contribution in [0.25, 0.3) is 0 Å². The van der Waals surface area contributed by atoms with Crippen LogP contribution in [0.5, 0.6) is 0 Å². The molecule has 0 aromatic heterocycles. The van der Waals surface area contributed by atoms with E-state index in [2.05, 4.69) is 15.9 Å². The molecular formula is C16H15BrO4. The molecule has 21 heavy (non-hydrogen) atoms. The molecule has 110 valence electrons. The summed E-state index contributed by atoms with van der Waals surface area (Å²) in [7, 11) is 0. The summed E-state index contributed by atoms with van der Waals surface area (Å²) < 4.78 is 11.7. The molecule has 0 amide bonds. The number of carbonyl (C=O) groups excluding carboxylic acids is 2. The summed E-state index contributed by atoms with van der Waals surface area (Å²) in [5, 5.41) is 0. The Bertz CT molecular complexity index is 677. The summed E-state index contributed by atoms with van der Waals surface area (Å²) in [6, 6.07) is 5.55. The minimum atomic E-state index is -0.921. The van der Waals surface area contributed by atoms with Gasteiger partial charge >= 0.3 is 5.97 Å². The lowest BCUT2D eigenvalue weighted by Gasteiger charge is -2.23. The lowest BCUT2D eigenvalue weighted by molar-refractivity contribution is -0.146. The van der Waals surface area contributed by atoms with Crippen molar-refractivity contribution in [2.24, 2.45) is 0 Å². The molecule has 1 aromatic rings. The Balaban J connectivity index is 2.07. The van der Waals surface area contributed by atoms with E-state index >= 15 is 0 Å². The van der Waals surface area contributed by atoms with E-state index in [-0.39, 0.29) is 18.0 Å². The van der Waals surface area contributed by atoms with Crippen LogP contribution in [0.2, 0.25) is 0 Å². The Hall–Kier alpha value is -1.46. The standard InChI is InChI=1S/C16H15BrO4/c1-7-4-5-10(11(17)6-7)13-14(18)12-8(2)20-9(3)15(12)21-16(13)19/h4-6,8-9,13H,1-3H3. The molecule has 2 aliphatic heterocycles. The third kappa shape index (κ3) is 2.24. The molecule has 0 N–H and O–H groups in total. The molecule has 1 aromatic carbocycles. The second-order valence-corrected chi connectivity index (χ2v) is 6.30. The fourth-order valence-corrected chi connectivity index (χ4v) is 3.60. The van der Waals surface area contributed by atoms with Crippen molar-refractivity contribution in [1.29, 1.82) is 0 Å². The van der Waals surface area contributed by atoms with Crippen LogP contribution in [-0.4, -0.2) is 24.0 Å². The van der Waals surface area contributed by atoms with Gasteiger partial charge in [0.2, 0.25) is 0 Å². The van der Waals surface area contributed by atoms with Crippen LogP contribution in [0, 0.1) is 6.92 Å². The second kappa shape index (κ2) is 5.07. The van der Waals surface area contributed by atoms with E-state index in [9.17, 15) is 9.59 Å². The second-order valence-electron chi connectivity index (χ2n) is 5.44. The monoisotopic (exact) mass is 350 g/mol. The van der Waals surface area contributed by atoms with Crippen molar-refractivity contribution in [2.75, 3.05) is 0 Å². The van der Waals surface area contributed by atoms with Gasteiger partial charge in [0.1, 0.15) is 17.8 Å². The normalized spacial score (nSPS) is 28.7. The van der Waals surface area contributed by atoms with E-state index in [1.807, 2.05) is 19.1 Å². The zero-order valence-electron chi connectivity index (χ0n) is 12.0. The number of benzene rings is 1. The number of hydrogen-bond acceptors (Lipinski definition) is 4. The average Bonchev–Trinajstić information content (AvgIpc) is 2.67. The van der Waals surface area contributed by atoms with Gasteiger partial charge in [-0.1, -0.05) is 28.1 Å². The number of carbonyl (C=O) groups is 2. The molecule has 0 radical (unpaired) electrons. The molecular weight excluding hydrogens is 336 g/mol. The van der Waals surface area contributed by atoms with E-state index in [1.54, 1.807) is 19.9 Å². The highest BCUT2D eigenvalue weighted by molar-refractivity contribution is 9.10. The zero-order chi connectivity index (χ0) is 15.3. The first-order valence-electron chi connectivity index (χ1n) is 6.81. The minimum absolute atomic E-state index is 0.220. The van der Waals surface area contributed by atoms with Gasteiger partial charge < -0.3 is 9.47 Å². The molecule has 3 rings (SSSR count). The van der Waals surface area contributed by atoms with E-state index in [0.717, 1.165) is 10.0 Å². The van der Waals surface area contributed by atoms with Crippen molar-refractivity contribution >= 4 is 27.7 Å². The van der Waals surface area contributed by atoms with Crippen molar-refractivity contribution in [2.45, 2.75) is 38.9 Å². The fraction of sp³-hybridized carbons (Fsp3) is 0.375. The number of rotatable bonds is 1. The highest BCUT2D eigenvalue weighted by Crippen LogP contribution is 2.40. The first-order chi connectivity index (χ1) is 9.90. The number of esters is 1. The van der Waals surface area contributed by atoms with Gasteiger partial charge in [-0.2, -0.15) is 0 Å². The molecule has 2 heterocycles. The number of aryl methyl sites for hydroxylation is 1. The number of Topliss-reactive ketones (excluding diaryl/α,β-unsaturated/α-hetero) is 1. The molecule has 0 saturated carbocycles. The Morgan fingerprint density at radius 1 is 1.14 bits per heavy atom. The quantitative estimate of drug-likeness (QED) is 0.577. The van der Waals surface area contributed by atoms with Gasteiger partial charge in [-0.3, -0.25) is 9.59 Å². The van der Waals surface area contributed by atoms with Crippen molar-refractivity contribution in [3.05, 3.63) is 45.1 Å². The van der Waals surface area contributed by atoms with Crippen molar-refractivity contribution in [3.63, 3.8) is 0 Å². The van der Waals surface area contributed by atoms with Crippen LogP contribution < -0.4 is 0 Å². The van der Waals surface area contributed by atoms with Gasteiger partial charge in [0.15, 0.2) is 5.78 Å². The van der Waals surface area contributed by atoms with Crippen LogP contribution >= 0.6 is 15.9 Å². The predicted molar refractivity (Wildman–Crippen MR) is 79.8 cm³/mol. The van der Waals surface area contributed by atoms with Gasteiger partial charge in [-0.25, -0.2) is 0 Å². The van der Waals surface area contributed by atoms with E-state index in [0.29, 0.717) is 16.9 Å². The molecule has 0 spiro atoms.